The molecule has 0 saturated carbocycles. The number of hydrogen-bond acceptors (Lipinski definition) is 4. The highest BCUT2D eigenvalue weighted by molar-refractivity contribution is 6.33. The maximum Gasteiger partial charge on any atom is 0.153 e. The Bertz CT molecular complexity index is 614. The van der Waals surface area contributed by atoms with Gasteiger partial charge in [-0.25, -0.2) is 4.99 Å². The SMILES string of the molecule is C=C(CC(C)C)NC1=C(Cl)C(=C)NC(c2ccncc2)=N1. The molecule has 4 nitrogen and oxygen atoms in total. The summed E-state index contributed by atoms with van der Waals surface area (Å²) in [4.78, 5) is 8.52. The van der Waals surface area contributed by atoms with Gasteiger partial charge in [0.05, 0.1) is 5.70 Å². The van der Waals surface area contributed by atoms with Gasteiger partial charge < -0.3 is 10.6 Å². The van der Waals surface area contributed by atoms with Crippen molar-refractivity contribution in [1.82, 2.24) is 15.6 Å². The first-order valence-electron chi connectivity index (χ1n) is 6.77. The Hall–Kier alpha value is -2.07. The first kappa shape index (κ1) is 15.3. The molecule has 2 rings (SSSR count). The number of rotatable bonds is 5. The van der Waals surface area contributed by atoms with E-state index in [-0.39, 0.29) is 0 Å². The van der Waals surface area contributed by atoms with Gasteiger partial charge in [0.25, 0.3) is 0 Å². The molecule has 110 valence electrons. The second-order valence-electron chi connectivity index (χ2n) is 5.29. The van der Waals surface area contributed by atoms with Crippen molar-refractivity contribution < 1.29 is 0 Å². The number of pyridine rings is 1. The first-order chi connectivity index (χ1) is 9.97. The molecule has 0 amide bonds. The van der Waals surface area contributed by atoms with E-state index in [4.69, 9.17) is 11.6 Å². The molecule has 0 saturated heterocycles. The van der Waals surface area contributed by atoms with Crippen LogP contribution in [0.25, 0.3) is 0 Å². The van der Waals surface area contributed by atoms with Crippen molar-refractivity contribution in [3.05, 3.63) is 65.5 Å². The number of amidine groups is 1. The fraction of sp³-hybridized carbons (Fsp3) is 0.250. The minimum Gasteiger partial charge on any atom is -0.343 e. The van der Waals surface area contributed by atoms with E-state index in [9.17, 15) is 0 Å². The van der Waals surface area contributed by atoms with Crippen LogP contribution in [0.15, 0.2) is 64.9 Å². The van der Waals surface area contributed by atoms with E-state index in [0.717, 1.165) is 17.7 Å². The Morgan fingerprint density at radius 2 is 2.05 bits per heavy atom. The number of halogens is 1. The number of nitrogens with zero attached hydrogens (tertiary/aromatic N) is 2. The third-order valence-corrected chi connectivity index (χ3v) is 3.28. The van der Waals surface area contributed by atoms with E-state index >= 15 is 0 Å². The average molecular weight is 303 g/mol. The third kappa shape index (κ3) is 3.95. The molecule has 0 unspecified atom stereocenters. The molecular formula is C16H19ClN4. The molecule has 0 aromatic carbocycles. The lowest BCUT2D eigenvalue weighted by atomic mass is 10.1. The summed E-state index contributed by atoms with van der Waals surface area (Å²) in [5.41, 5.74) is 2.41. The number of aliphatic imine (C=N–C) groups is 1. The maximum absolute atomic E-state index is 6.26. The monoisotopic (exact) mass is 302 g/mol. The van der Waals surface area contributed by atoms with Crippen LogP contribution in [-0.4, -0.2) is 10.8 Å². The third-order valence-electron chi connectivity index (χ3n) is 2.87. The van der Waals surface area contributed by atoms with Gasteiger partial charge in [0.2, 0.25) is 0 Å². The minimum absolute atomic E-state index is 0.470. The zero-order valence-electron chi connectivity index (χ0n) is 12.3. The molecule has 1 aromatic rings. The van der Waals surface area contributed by atoms with Crippen LogP contribution in [0.1, 0.15) is 25.8 Å². The van der Waals surface area contributed by atoms with Crippen LogP contribution in [0.4, 0.5) is 0 Å². The van der Waals surface area contributed by atoms with E-state index in [2.05, 4.69) is 47.6 Å². The molecule has 5 heteroatoms. The smallest absolute Gasteiger partial charge is 0.153 e. The van der Waals surface area contributed by atoms with Crippen molar-refractivity contribution in [1.29, 1.82) is 0 Å². The predicted octanol–water partition coefficient (Wildman–Crippen LogP) is 3.50. The molecule has 0 bridgehead atoms. The summed E-state index contributed by atoms with van der Waals surface area (Å²) in [5, 5.41) is 6.74. The van der Waals surface area contributed by atoms with Gasteiger partial charge in [-0.15, -0.1) is 0 Å². The lowest BCUT2D eigenvalue weighted by Gasteiger charge is -2.21. The zero-order chi connectivity index (χ0) is 15.4. The van der Waals surface area contributed by atoms with Crippen molar-refractivity contribution in [2.24, 2.45) is 10.9 Å². The molecule has 1 aliphatic rings. The highest BCUT2D eigenvalue weighted by atomic mass is 35.5. The van der Waals surface area contributed by atoms with Gasteiger partial charge in [-0.1, -0.05) is 38.6 Å². The fourth-order valence-electron chi connectivity index (χ4n) is 1.97. The number of hydrogen-bond donors (Lipinski definition) is 2. The van der Waals surface area contributed by atoms with E-state index in [1.807, 2.05) is 12.1 Å². The topological polar surface area (TPSA) is 49.3 Å². The molecule has 0 fully saturated rings. The van der Waals surface area contributed by atoms with Crippen molar-refractivity contribution in [3.63, 3.8) is 0 Å². The Balaban J connectivity index is 2.25. The zero-order valence-corrected chi connectivity index (χ0v) is 13.0. The van der Waals surface area contributed by atoms with Gasteiger partial charge >= 0.3 is 0 Å². The number of nitrogens with one attached hydrogen (secondary N) is 2. The van der Waals surface area contributed by atoms with Crippen LogP contribution in [0, 0.1) is 5.92 Å². The minimum atomic E-state index is 0.470. The molecule has 1 aliphatic heterocycles. The molecule has 0 atom stereocenters. The Labute approximate surface area is 130 Å². The summed E-state index contributed by atoms with van der Waals surface area (Å²) in [6.07, 6.45) is 4.29. The van der Waals surface area contributed by atoms with Gasteiger partial charge in [0.15, 0.2) is 5.82 Å². The van der Waals surface area contributed by atoms with E-state index < -0.39 is 0 Å². The summed E-state index contributed by atoms with van der Waals surface area (Å²) in [6.45, 7) is 12.2. The quantitative estimate of drug-likeness (QED) is 0.875. The lowest BCUT2D eigenvalue weighted by Crippen LogP contribution is -2.30. The van der Waals surface area contributed by atoms with E-state index in [1.165, 1.54) is 0 Å². The fourth-order valence-corrected chi connectivity index (χ4v) is 2.11. The average Bonchev–Trinajstić information content (AvgIpc) is 2.43. The second kappa shape index (κ2) is 6.59. The van der Waals surface area contributed by atoms with Gasteiger partial charge in [-0.05, 0) is 24.5 Å². The van der Waals surface area contributed by atoms with Gasteiger partial charge in [0.1, 0.15) is 10.9 Å². The molecule has 0 radical (unpaired) electrons. The number of allylic oxidation sites excluding steroid dienone is 2. The Morgan fingerprint density at radius 1 is 1.38 bits per heavy atom. The summed E-state index contributed by atoms with van der Waals surface area (Å²) in [5.74, 6) is 1.77. The van der Waals surface area contributed by atoms with Gasteiger partial charge in [-0.3, -0.25) is 4.98 Å². The van der Waals surface area contributed by atoms with Crippen molar-refractivity contribution in [3.8, 4) is 0 Å². The Kier molecular flexibility index (Phi) is 4.81. The van der Waals surface area contributed by atoms with Crippen LogP contribution in [0.2, 0.25) is 0 Å². The van der Waals surface area contributed by atoms with Crippen molar-refractivity contribution in [2.45, 2.75) is 20.3 Å². The van der Waals surface area contributed by atoms with Gasteiger partial charge in [0, 0.05) is 23.7 Å². The van der Waals surface area contributed by atoms with Gasteiger partial charge in [-0.2, -0.15) is 0 Å². The van der Waals surface area contributed by atoms with Crippen LogP contribution in [-0.2, 0) is 0 Å². The van der Waals surface area contributed by atoms with Crippen LogP contribution in [0.3, 0.4) is 0 Å². The summed E-state index contributed by atoms with van der Waals surface area (Å²) >= 11 is 6.26. The normalized spacial score (nSPS) is 14.9. The molecule has 1 aromatic heterocycles. The highest BCUT2D eigenvalue weighted by Gasteiger charge is 2.18. The summed E-state index contributed by atoms with van der Waals surface area (Å²) in [6, 6.07) is 3.75. The molecule has 2 N–H and O–H groups in total. The van der Waals surface area contributed by atoms with Crippen LogP contribution >= 0.6 is 11.6 Å². The Morgan fingerprint density at radius 3 is 2.67 bits per heavy atom. The van der Waals surface area contributed by atoms with Crippen molar-refractivity contribution in [2.75, 3.05) is 0 Å². The largest absolute Gasteiger partial charge is 0.343 e. The molecule has 0 spiro atoms. The van der Waals surface area contributed by atoms with E-state index in [1.54, 1.807) is 12.4 Å². The van der Waals surface area contributed by atoms with E-state index in [0.29, 0.717) is 28.3 Å². The highest BCUT2D eigenvalue weighted by Crippen LogP contribution is 2.22. The van der Waals surface area contributed by atoms with Crippen LogP contribution < -0.4 is 10.6 Å². The maximum atomic E-state index is 6.26. The molecular weight excluding hydrogens is 284 g/mol. The summed E-state index contributed by atoms with van der Waals surface area (Å²) < 4.78 is 0. The first-order valence-corrected chi connectivity index (χ1v) is 7.15. The molecule has 0 aliphatic carbocycles. The van der Waals surface area contributed by atoms with Crippen molar-refractivity contribution >= 4 is 17.4 Å². The second-order valence-corrected chi connectivity index (χ2v) is 5.67. The standard InChI is InChI=1S/C16H19ClN4/c1-10(2)9-11(3)19-16-14(17)12(4)20-15(21-16)13-5-7-18-8-6-13/h5-8,10,19H,3-4,9H2,1-2H3,(H,20,21). The van der Waals surface area contributed by atoms with Crippen LogP contribution in [0.5, 0.6) is 0 Å². The molecule has 21 heavy (non-hydrogen) atoms. The number of aromatic nitrogens is 1. The lowest BCUT2D eigenvalue weighted by molar-refractivity contribution is 0.619. The summed E-state index contributed by atoms with van der Waals surface area (Å²) in [7, 11) is 0. The molecule has 2 heterocycles. The predicted molar refractivity (Wildman–Crippen MR) is 87.7 cm³/mol.